The summed E-state index contributed by atoms with van der Waals surface area (Å²) >= 11 is 0. The number of nitrogens with zero attached hydrogens (tertiary/aromatic N) is 1. The minimum Gasteiger partial charge on any atom is -0.497 e. The van der Waals surface area contributed by atoms with Crippen LogP contribution in [0.1, 0.15) is 10.5 Å². The molecule has 6 nitrogen and oxygen atoms in total. The molecular weight excluding hydrogens is 272 g/mol. The molecule has 0 saturated heterocycles. The number of rotatable bonds is 5. The highest BCUT2D eigenvalue weighted by Crippen LogP contribution is 2.33. The number of aromatic nitrogens is 1. The van der Waals surface area contributed by atoms with Crippen LogP contribution in [-0.4, -0.2) is 31.8 Å². The summed E-state index contributed by atoms with van der Waals surface area (Å²) in [6.07, 6.45) is 5.08. The zero-order valence-electron chi connectivity index (χ0n) is 11.7. The van der Waals surface area contributed by atoms with Gasteiger partial charge >= 0.3 is 0 Å². The first-order valence-electron chi connectivity index (χ1n) is 6.10. The van der Waals surface area contributed by atoms with Gasteiger partial charge in [0.1, 0.15) is 11.5 Å². The Labute approximate surface area is 122 Å². The van der Waals surface area contributed by atoms with Gasteiger partial charge < -0.3 is 19.3 Å². The third kappa shape index (κ3) is 3.15. The molecule has 0 bridgehead atoms. The molecular formula is C15H14N2O4. The number of nitrogens with one attached hydrogen (secondary N) is 1. The fraction of sp³-hybridized carbons (Fsp3) is 0.200. The minimum absolute atomic E-state index is 0.128. The van der Waals surface area contributed by atoms with Gasteiger partial charge in [-0.3, -0.25) is 4.79 Å². The van der Waals surface area contributed by atoms with Crippen LogP contribution in [0.2, 0.25) is 0 Å². The largest absolute Gasteiger partial charge is 0.497 e. The predicted molar refractivity (Wildman–Crippen MR) is 76.2 cm³/mol. The Morgan fingerprint density at radius 3 is 2.86 bits per heavy atom. The van der Waals surface area contributed by atoms with Crippen molar-refractivity contribution in [1.82, 2.24) is 10.5 Å². The number of carbonyl (C=O) groups excluding carboxylic acids is 1. The molecule has 0 saturated carbocycles. The normalized spacial score (nSPS) is 9.76. The Morgan fingerprint density at radius 1 is 1.38 bits per heavy atom. The van der Waals surface area contributed by atoms with Crippen molar-refractivity contribution in [1.29, 1.82) is 0 Å². The van der Waals surface area contributed by atoms with Crippen molar-refractivity contribution >= 4 is 5.91 Å². The van der Waals surface area contributed by atoms with E-state index in [2.05, 4.69) is 16.4 Å². The highest BCUT2D eigenvalue weighted by Gasteiger charge is 2.16. The quantitative estimate of drug-likeness (QED) is 0.847. The monoisotopic (exact) mass is 286 g/mol. The van der Waals surface area contributed by atoms with Crippen LogP contribution in [0.3, 0.4) is 0 Å². The van der Waals surface area contributed by atoms with Crippen LogP contribution in [-0.2, 0) is 0 Å². The summed E-state index contributed by atoms with van der Waals surface area (Å²) < 4.78 is 15.6. The van der Waals surface area contributed by atoms with Gasteiger partial charge in [0.15, 0.2) is 11.5 Å². The lowest BCUT2D eigenvalue weighted by Crippen LogP contribution is -2.23. The van der Waals surface area contributed by atoms with E-state index in [-0.39, 0.29) is 12.2 Å². The van der Waals surface area contributed by atoms with Crippen molar-refractivity contribution in [2.45, 2.75) is 0 Å². The topological polar surface area (TPSA) is 73.6 Å². The Morgan fingerprint density at radius 2 is 2.19 bits per heavy atom. The van der Waals surface area contributed by atoms with Gasteiger partial charge in [-0.1, -0.05) is 11.1 Å². The SMILES string of the molecule is C#CCNC(=O)c1cc(-c2cc(OC)ccc2OC)on1. The highest BCUT2D eigenvalue weighted by atomic mass is 16.5. The summed E-state index contributed by atoms with van der Waals surface area (Å²) in [5, 5.41) is 6.24. The Kier molecular flexibility index (Phi) is 4.46. The number of ether oxygens (including phenoxy) is 2. The molecule has 1 amide bonds. The second-order valence-corrected chi connectivity index (χ2v) is 4.03. The van der Waals surface area contributed by atoms with E-state index in [9.17, 15) is 4.79 Å². The highest BCUT2D eigenvalue weighted by molar-refractivity contribution is 5.93. The van der Waals surface area contributed by atoms with Crippen molar-refractivity contribution < 1.29 is 18.8 Å². The average molecular weight is 286 g/mol. The second kappa shape index (κ2) is 6.48. The predicted octanol–water partition coefficient (Wildman–Crippen LogP) is 1.72. The Hall–Kier alpha value is -2.94. The number of amides is 1. The van der Waals surface area contributed by atoms with Gasteiger partial charge in [-0.15, -0.1) is 6.42 Å². The summed E-state index contributed by atoms with van der Waals surface area (Å²) in [5.74, 6) is 3.54. The van der Waals surface area contributed by atoms with Crippen molar-refractivity contribution in [2.75, 3.05) is 20.8 Å². The average Bonchev–Trinajstić information content (AvgIpc) is 3.01. The third-order valence-electron chi connectivity index (χ3n) is 2.77. The molecule has 21 heavy (non-hydrogen) atoms. The summed E-state index contributed by atoms with van der Waals surface area (Å²) in [6, 6.07) is 6.76. The van der Waals surface area contributed by atoms with Crippen LogP contribution < -0.4 is 14.8 Å². The first-order chi connectivity index (χ1) is 10.2. The maximum absolute atomic E-state index is 11.7. The lowest BCUT2D eigenvalue weighted by molar-refractivity contribution is 0.0950. The summed E-state index contributed by atoms with van der Waals surface area (Å²) in [4.78, 5) is 11.7. The molecule has 2 rings (SSSR count). The molecule has 108 valence electrons. The van der Waals surface area contributed by atoms with Gasteiger partial charge in [-0.25, -0.2) is 0 Å². The number of carbonyl (C=O) groups is 1. The maximum Gasteiger partial charge on any atom is 0.274 e. The van der Waals surface area contributed by atoms with E-state index in [0.717, 1.165) is 0 Å². The lowest BCUT2D eigenvalue weighted by Gasteiger charge is -2.07. The van der Waals surface area contributed by atoms with Crippen LogP contribution in [0.5, 0.6) is 11.5 Å². The standard InChI is InChI=1S/C15H14N2O4/c1-4-7-16-15(18)12-9-14(21-17-12)11-8-10(19-2)5-6-13(11)20-3/h1,5-6,8-9H,7H2,2-3H3,(H,16,18). The van der Waals surface area contributed by atoms with E-state index < -0.39 is 5.91 Å². The molecule has 2 aromatic rings. The zero-order valence-corrected chi connectivity index (χ0v) is 11.7. The van der Waals surface area contributed by atoms with Crippen LogP contribution in [0.4, 0.5) is 0 Å². The molecule has 1 aromatic carbocycles. The zero-order chi connectivity index (χ0) is 15.2. The molecule has 1 aromatic heterocycles. The van der Waals surface area contributed by atoms with Crippen molar-refractivity contribution in [3.63, 3.8) is 0 Å². The number of benzene rings is 1. The molecule has 0 aliphatic carbocycles. The van der Waals surface area contributed by atoms with Gasteiger partial charge in [-0.05, 0) is 18.2 Å². The first kappa shape index (κ1) is 14.5. The van der Waals surface area contributed by atoms with E-state index >= 15 is 0 Å². The fourth-order valence-electron chi connectivity index (χ4n) is 1.74. The van der Waals surface area contributed by atoms with Crippen molar-refractivity contribution in [2.24, 2.45) is 0 Å². The maximum atomic E-state index is 11.7. The van der Waals surface area contributed by atoms with Crippen molar-refractivity contribution in [3.8, 4) is 35.2 Å². The van der Waals surface area contributed by atoms with E-state index in [1.165, 1.54) is 6.07 Å². The molecule has 0 spiro atoms. The van der Waals surface area contributed by atoms with Crippen LogP contribution >= 0.6 is 0 Å². The second-order valence-electron chi connectivity index (χ2n) is 4.03. The molecule has 0 aliphatic rings. The fourth-order valence-corrected chi connectivity index (χ4v) is 1.74. The van der Waals surface area contributed by atoms with Crippen LogP contribution in [0.15, 0.2) is 28.8 Å². The smallest absolute Gasteiger partial charge is 0.274 e. The Balaban J connectivity index is 2.33. The molecule has 1 N–H and O–H groups in total. The van der Waals surface area contributed by atoms with Gasteiger partial charge in [0.05, 0.1) is 26.3 Å². The van der Waals surface area contributed by atoms with Crippen molar-refractivity contribution in [3.05, 3.63) is 30.0 Å². The Bertz CT molecular complexity index is 685. The van der Waals surface area contributed by atoms with Gasteiger partial charge in [0, 0.05) is 6.07 Å². The summed E-state index contributed by atoms with van der Waals surface area (Å²) in [7, 11) is 3.10. The molecule has 0 fully saturated rings. The number of terminal acetylenes is 1. The molecule has 0 aliphatic heterocycles. The summed E-state index contributed by atoms with van der Waals surface area (Å²) in [5.41, 5.74) is 0.783. The van der Waals surface area contributed by atoms with E-state index in [4.69, 9.17) is 20.4 Å². The number of hydrogen-bond donors (Lipinski definition) is 1. The van der Waals surface area contributed by atoms with Gasteiger partial charge in [0.2, 0.25) is 0 Å². The van der Waals surface area contributed by atoms with Crippen LogP contribution in [0, 0.1) is 12.3 Å². The molecule has 0 atom stereocenters. The van der Waals surface area contributed by atoms with Gasteiger partial charge in [-0.2, -0.15) is 0 Å². The molecule has 0 radical (unpaired) electrons. The molecule has 0 unspecified atom stereocenters. The number of hydrogen-bond acceptors (Lipinski definition) is 5. The van der Waals surface area contributed by atoms with E-state index in [1.54, 1.807) is 32.4 Å². The van der Waals surface area contributed by atoms with E-state index in [1.807, 2.05) is 0 Å². The molecule has 1 heterocycles. The summed E-state index contributed by atoms with van der Waals surface area (Å²) in [6.45, 7) is 0.128. The van der Waals surface area contributed by atoms with Crippen LogP contribution in [0.25, 0.3) is 11.3 Å². The van der Waals surface area contributed by atoms with Gasteiger partial charge in [0.25, 0.3) is 5.91 Å². The minimum atomic E-state index is -0.398. The first-order valence-corrected chi connectivity index (χ1v) is 6.10. The third-order valence-corrected chi connectivity index (χ3v) is 2.77. The lowest BCUT2D eigenvalue weighted by atomic mass is 10.1. The number of methoxy groups -OCH3 is 2. The van der Waals surface area contributed by atoms with E-state index in [0.29, 0.717) is 22.8 Å². The molecule has 6 heteroatoms.